The van der Waals surface area contributed by atoms with Crippen molar-refractivity contribution < 1.29 is 9.59 Å². The molecule has 0 bridgehead atoms. The summed E-state index contributed by atoms with van der Waals surface area (Å²) in [7, 11) is 0. The topological polar surface area (TPSA) is 37.4 Å². The number of imide groups is 1. The van der Waals surface area contributed by atoms with Gasteiger partial charge in [0.1, 0.15) is 0 Å². The summed E-state index contributed by atoms with van der Waals surface area (Å²) in [4.78, 5) is 23.4. The summed E-state index contributed by atoms with van der Waals surface area (Å²) in [6.45, 7) is 2.05. The van der Waals surface area contributed by atoms with E-state index in [0.717, 1.165) is 6.42 Å². The maximum Gasteiger partial charge on any atom is 0.253 e. The monoisotopic (exact) mass is 151 g/mol. The zero-order chi connectivity index (χ0) is 8.01. The van der Waals surface area contributed by atoms with Crippen molar-refractivity contribution in [1.82, 2.24) is 4.90 Å². The lowest BCUT2D eigenvalue weighted by atomic mass is 10.4. The third-order valence-corrected chi connectivity index (χ3v) is 2.24. The van der Waals surface area contributed by atoms with E-state index in [4.69, 9.17) is 0 Å². The fourth-order valence-electron chi connectivity index (χ4n) is 1.40. The molecule has 2 rings (SSSR count). The van der Waals surface area contributed by atoms with Crippen LogP contribution in [-0.4, -0.2) is 22.8 Å². The SMILES string of the molecule is CC1CC1N1C(=O)C=CC1=O. The van der Waals surface area contributed by atoms with Crippen molar-refractivity contribution in [2.75, 3.05) is 0 Å². The average Bonchev–Trinajstić information content (AvgIpc) is 2.54. The van der Waals surface area contributed by atoms with Crippen molar-refractivity contribution in [3.05, 3.63) is 12.2 Å². The molecule has 2 unspecified atom stereocenters. The van der Waals surface area contributed by atoms with Gasteiger partial charge in [-0.05, 0) is 12.3 Å². The van der Waals surface area contributed by atoms with Crippen LogP contribution >= 0.6 is 0 Å². The second-order valence-electron chi connectivity index (χ2n) is 3.16. The van der Waals surface area contributed by atoms with E-state index in [1.54, 1.807) is 0 Å². The molecule has 3 heteroatoms. The van der Waals surface area contributed by atoms with Gasteiger partial charge in [0.05, 0.1) is 0 Å². The highest BCUT2D eigenvalue weighted by molar-refractivity contribution is 6.13. The Bertz CT molecular complexity index is 239. The smallest absolute Gasteiger partial charge is 0.253 e. The second kappa shape index (κ2) is 1.94. The number of hydrogen-bond acceptors (Lipinski definition) is 2. The number of amides is 2. The van der Waals surface area contributed by atoms with Crippen LogP contribution in [0.2, 0.25) is 0 Å². The molecular formula is C8H9NO2. The Kier molecular flexibility index (Phi) is 1.16. The summed E-state index contributed by atoms with van der Waals surface area (Å²) in [5, 5.41) is 0. The molecule has 0 saturated heterocycles. The number of nitrogens with zero attached hydrogens (tertiary/aromatic N) is 1. The van der Waals surface area contributed by atoms with E-state index in [1.807, 2.05) is 6.92 Å². The summed E-state index contributed by atoms with van der Waals surface area (Å²) >= 11 is 0. The predicted molar refractivity (Wildman–Crippen MR) is 38.6 cm³/mol. The molecule has 11 heavy (non-hydrogen) atoms. The van der Waals surface area contributed by atoms with E-state index in [-0.39, 0.29) is 17.9 Å². The molecule has 1 saturated carbocycles. The van der Waals surface area contributed by atoms with Crippen LogP contribution in [-0.2, 0) is 9.59 Å². The molecule has 0 aromatic heterocycles. The van der Waals surface area contributed by atoms with Gasteiger partial charge >= 0.3 is 0 Å². The molecule has 1 heterocycles. The van der Waals surface area contributed by atoms with Gasteiger partial charge in [-0.2, -0.15) is 0 Å². The van der Waals surface area contributed by atoms with Gasteiger partial charge in [0.15, 0.2) is 0 Å². The van der Waals surface area contributed by atoms with Crippen molar-refractivity contribution in [3.8, 4) is 0 Å². The van der Waals surface area contributed by atoms with Gasteiger partial charge in [-0.3, -0.25) is 14.5 Å². The Balaban J connectivity index is 2.15. The molecule has 0 radical (unpaired) electrons. The number of rotatable bonds is 1. The van der Waals surface area contributed by atoms with Gasteiger partial charge in [0, 0.05) is 18.2 Å². The first-order valence-corrected chi connectivity index (χ1v) is 3.75. The van der Waals surface area contributed by atoms with E-state index in [0.29, 0.717) is 5.92 Å². The summed E-state index contributed by atoms with van der Waals surface area (Å²) in [5.74, 6) is 0.205. The van der Waals surface area contributed by atoms with Crippen LogP contribution in [0.25, 0.3) is 0 Å². The summed E-state index contributed by atoms with van der Waals surface area (Å²) in [5.41, 5.74) is 0. The number of carbonyl (C=O) groups excluding carboxylic acids is 2. The Hall–Kier alpha value is -1.12. The quantitative estimate of drug-likeness (QED) is 0.506. The minimum atomic E-state index is -0.149. The molecule has 2 amide bonds. The van der Waals surface area contributed by atoms with E-state index in [2.05, 4.69) is 0 Å². The van der Waals surface area contributed by atoms with Crippen LogP contribution in [0.1, 0.15) is 13.3 Å². The molecule has 1 aliphatic heterocycles. The van der Waals surface area contributed by atoms with Crippen LogP contribution in [0, 0.1) is 5.92 Å². The Morgan fingerprint density at radius 1 is 1.36 bits per heavy atom. The Morgan fingerprint density at radius 3 is 2.18 bits per heavy atom. The van der Waals surface area contributed by atoms with Crippen molar-refractivity contribution in [2.45, 2.75) is 19.4 Å². The minimum Gasteiger partial charge on any atom is -0.272 e. The summed E-state index contributed by atoms with van der Waals surface area (Å²) in [6.07, 6.45) is 3.65. The highest BCUT2D eigenvalue weighted by atomic mass is 16.2. The molecule has 2 atom stereocenters. The largest absolute Gasteiger partial charge is 0.272 e. The van der Waals surface area contributed by atoms with Crippen LogP contribution < -0.4 is 0 Å². The first-order chi connectivity index (χ1) is 5.20. The summed E-state index contributed by atoms with van der Waals surface area (Å²) < 4.78 is 0. The molecule has 1 aliphatic carbocycles. The lowest BCUT2D eigenvalue weighted by molar-refractivity contribution is -0.137. The van der Waals surface area contributed by atoms with Crippen LogP contribution in [0.3, 0.4) is 0 Å². The fourth-order valence-corrected chi connectivity index (χ4v) is 1.40. The van der Waals surface area contributed by atoms with Crippen LogP contribution in [0.5, 0.6) is 0 Å². The lowest BCUT2D eigenvalue weighted by Gasteiger charge is -2.11. The molecule has 3 nitrogen and oxygen atoms in total. The predicted octanol–water partition coefficient (Wildman–Crippen LogP) is 0.320. The first-order valence-electron chi connectivity index (χ1n) is 3.75. The van der Waals surface area contributed by atoms with Gasteiger partial charge in [-0.15, -0.1) is 0 Å². The van der Waals surface area contributed by atoms with Gasteiger partial charge in [0.2, 0.25) is 0 Å². The summed E-state index contributed by atoms with van der Waals surface area (Å²) in [6, 6.07) is 0.185. The molecule has 1 fully saturated rings. The number of carbonyl (C=O) groups is 2. The molecular weight excluding hydrogens is 142 g/mol. The first kappa shape index (κ1) is 6.58. The van der Waals surface area contributed by atoms with Crippen molar-refractivity contribution in [3.63, 3.8) is 0 Å². The highest BCUT2D eigenvalue weighted by Gasteiger charge is 2.44. The van der Waals surface area contributed by atoms with Crippen molar-refractivity contribution >= 4 is 11.8 Å². The van der Waals surface area contributed by atoms with Gasteiger partial charge in [0.25, 0.3) is 11.8 Å². The molecule has 0 aromatic carbocycles. The maximum atomic E-state index is 11.0. The zero-order valence-corrected chi connectivity index (χ0v) is 6.28. The van der Waals surface area contributed by atoms with Crippen molar-refractivity contribution in [1.29, 1.82) is 0 Å². The standard InChI is InChI=1S/C8H9NO2/c1-5-4-6(5)9-7(10)2-3-8(9)11/h2-3,5-6H,4H2,1H3. The zero-order valence-electron chi connectivity index (χ0n) is 6.28. The highest BCUT2D eigenvalue weighted by Crippen LogP contribution is 2.36. The average molecular weight is 151 g/mol. The Morgan fingerprint density at radius 2 is 1.82 bits per heavy atom. The second-order valence-corrected chi connectivity index (χ2v) is 3.16. The van der Waals surface area contributed by atoms with Gasteiger partial charge < -0.3 is 0 Å². The van der Waals surface area contributed by atoms with Crippen LogP contribution in [0.4, 0.5) is 0 Å². The van der Waals surface area contributed by atoms with E-state index >= 15 is 0 Å². The van der Waals surface area contributed by atoms with Gasteiger partial charge in [-0.1, -0.05) is 6.92 Å². The van der Waals surface area contributed by atoms with E-state index in [9.17, 15) is 9.59 Å². The van der Waals surface area contributed by atoms with E-state index in [1.165, 1.54) is 17.1 Å². The fraction of sp³-hybridized carbons (Fsp3) is 0.500. The normalized spacial score (nSPS) is 35.2. The molecule has 0 spiro atoms. The van der Waals surface area contributed by atoms with Gasteiger partial charge in [-0.25, -0.2) is 0 Å². The third-order valence-electron chi connectivity index (χ3n) is 2.24. The van der Waals surface area contributed by atoms with E-state index < -0.39 is 0 Å². The lowest BCUT2D eigenvalue weighted by Crippen LogP contribution is -2.32. The number of hydrogen-bond donors (Lipinski definition) is 0. The Labute approximate surface area is 64.7 Å². The van der Waals surface area contributed by atoms with Crippen LogP contribution in [0.15, 0.2) is 12.2 Å². The molecule has 0 N–H and O–H groups in total. The molecule has 2 aliphatic rings. The van der Waals surface area contributed by atoms with Crippen molar-refractivity contribution in [2.24, 2.45) is 5.92 Å². The molecule has 0 aromatic rings. The third kappa shape index (κ3) is 0.878. The maximum absolute atomic E-state index is 11.0. The molecule has 58 valence electrons. The minimum absolute atomic E-state index is 0.149.